The molecular weight excluding hydrogens is 292 g/mol. The van der Waals surface area contributed by atoms with Gasteiger partial charge in [0.05, 0.1) is 5.69 Å². The third-order valence-electron chi connectivity index (χ3n) is 3.57. The van der Waals surface area contributed by atoms with Crippen LogP contribution >= 0.6 is 11.3 Å². The molecule has 5 heteroatoms. The monoisotopic (exact) mass is 310 g/mol. The van der Waals surface area contributed by atoms with E-state index in [4.69, 9.17) is 0 Å². The van der Waals surface area contributed by atoms with Gasteiger partial charge in [0.15, 0.2) is 5.13 Å². The van der Waals surface area contributed by atoms with Crippen molar-refractivity contribution < 1.29 is 0 Å². The van der Waals surface area contributed by atoms with Crippen molar-refractivity contribution in [1.82, 2.24) is 14.5 Å². The van der Waals surface area contributed by atoms with Crippen molar-refractivity contribution in [3.63, 3.8) is 0 Å². The molecule has 4 nitrogen and oxygen atoms in total. The number of hydrogen-bond donors (Lipinski definition) is 1. The van der Waals surface area contributed by atoms with Crippen LogP contribution in [0.5, 0.6) is 0 Å². The molecule has 0 bridgehead atoms. The second-order valence-corrected chi connectivity index (χ2v) is 5.92. The van der Waals surface area contributed by atoms with E-state index in [2.05, 4.69) is 51.7 Å². The van der Waals surface area contributed by atoms with Crippen LogP contribution in [0.4, 0.5) is 10.9 Å². The Hall–Kier alpha value is -2.40. The number of allylic oxidation sites excluding steroid dienone is 1. The largest absolute Gasteiger partial charge is 0.345 e. The third kappa shape index (κ3) is 2.80. The van der Waals surface area contributed by atoms with E-state index in [-0.39, 0.29) is 0 Å². The summed E-state index contributed by atoms with van der Waals surface area (Å²) in [5.74, 6) is 0.806. The predicted molar refractivity (Wildman–Crippen MR) is 92.7 cm³/mol. The number of aryl methyl sites for hydroxylation is 1. The van der Waals surface area contributed by atoms with Crippen molar-refractivity contribution in [3.8, 4) is 11.3 Å². The van der Waals surface area contributed by atoms with Crippen LogP contribution in [-0.2, 0) is 6.54 Å². The molecule has 0 aromatic carbocycles. The van der Waals surface area contributed by atoms with Crippen LogP contribution in [-0.4, -0.2) is 14.5 Å². The van der Waals surface area contributed by atoms with Crippen molar-refractivity contribution >= 4 is 22.3 Å². The lowest BCUT2D eigenvalue weighted by molar-refractivity contribution is 0.770. The Morgan fingerprint density at radius 2 is 2.23 bits per heavy atom. The molecule has 0 amide bonds. The number of pyridine rings is 1. The SMILES string of the molecule is C=CCn1c(C)cc(-c2csc(Nc3ccccn3)n2)c1C. The molecule has 3 rings (SSSR count). The smallest absolute Gasteiger partial charge is 0.188 e. The van der Waals surface area contributed by atoms with Crippen LogP contribution in [0.3, 0.4) is 0 Å². The first kappa shape index (κ1) is 14.5. The van der Waals surface area contributed by atoms with Crippen LogP contribution in [0.25, 0.3) is 11.3 Å². The lowest BCUT2D eigenvalue weighted by atomic mass is 10.2. The summed E-state index contributed by atoms with van der Waals surface area (Å²) < 4.78 is 2.24. The highest BCUT2D eigenvalue weighted by Gasteiger charge is 2.13. The van der Waals surface area contributed by atoms with E-state index < -0.39 is 0 Å². The van der Waals surface area contributed by atoms with Gasteiger partial charge in [-0.1, -0.05) is 12.1 Å². The third-order valence-corrected chi connectivity index (χ3v) is 4.32. The van der Waals surface area contributed by atoms with Gasteiger partial charge in [-0.15, -0.1) is 17.9 Å². The quantitative estimate of drug-likeness (QED) is 0.703. The molecule has 0 aliphatic heterocycles. The van der Waals surface area contributed by atoms with Gasteiger partial charge in [-0.05, 0) is 32.0 Å². The number of hydrogen-bond acceptors (Lipinski definition) is 4. The standard InChI is InChI=1S/C17H18N4S/c1-4-9-21-12(2)10-14(13(21)3)15-11-22-17(19-15)20-16-7-5-6-8-18-16/h4-8,10-11H,1,9H2,2-3H3,(H,18,19,20). The number of thiazole rings is 1. The first-order valence-electron chi connectivity index (χ1n) is 7.10. The molecule has 0 saturated carbocycles. The zero-order chi connectivity index (χ0) is 15.5. The fraction of sp³-hybridized carbons (Fsp3) is 0.176. The maximum absolute atomic E-state index is 4.68. The second-order valence-electron chi connectivity index (χ2n) is 5.06. The lowest BCUT2D eigenvalue weighted by Crippen LogP contribution is -1.99. The number of nitrogens with one attached hydrogen (secondary N) is 1. The van der Waals surface area contributed by atoms with E-state index in [1.54, 1.807) is 17.5 Å². The van der Waals surface area contributed by atoms with E-state index in [0.29, 0.717) is 0 Å². The number of aromatic nitrogens is 3. The minimum Gasteiger partial charge on any atom is -0.345 e. The molecule has 0 spiro atoms. The Morgan fingerprint density at radius 1 is 1.36 bits per heavy atom. The van der Waals surface area contributed by atoms with Gasteiger partial charge in [0, 0.05) is 35.1 Å². The van der Waals surface area contributed by atoms with Gasteiger partial charge in [-0.25, -0.2) is 9.97 Å². The molecule has 3 heterocycles. The van der Waals surface area contributed by atoms with E-state index in [1.165, 1.54) is 17.0 Å². The Morgan fingerprint density at radius 3 is 2.95 bits per heavy atom. The van der Waals surface area contributed by atoms with Gasteiger partial charge in [-0.2, -0.15) is 0 Å². The average Bonchev–Trinajstić information content (AvgIpc) is 3.08. The number of nitrogens with zero attached hydrogens (tertiary/aromatic N) is 3. The number of rotatable bonds is 5. The summed E-state index contributed by atoms with van der Waals surface area (Å²) in [4.78, 5) is 8.94. The van der Waals surface area contributed by atoms with Gasteiger partial charge in [0.1, 0.15) is 5.82 Å². The zero-order valence-corrected chi connectivity index (χ0v) is 13.5. The Bertz CT molecular complexity index is 786. The highest BCUT2D eigenvalue weighted by Crippen LogP contribution is 2.30. The topological polar surface area (TPSA) is 42.7 Å². The molecule has 0 radical (unpaired) electrons. The highest BCUT2D eigenvalue weighted by atomic mass is 32.1. The molecule has 112 valence electrons. The van der Waals surface area contributed by atoms with Crippen LogP contribution < -0.4 is 5.32 Å². The van der Waals surface area contributed by atoms with Gasteiger partial charge >= 0.3 is 0 Å². The van der Waals surface area contributed by atoms with Gasteiger partial charge in [-0.3, -0.25) is 0 Å². The normalized spacial score (nSPS) is 10.6. The first-order chi connectivity index (χ1) is 10.7. The summed E-state index contributed by atoms with van der Waals surface area (Å²) >= 11 is 1.58. The molecule has 0 saturated heterocycles. The van der Waals surface area contributed by atoms with E-state index >= 15 is 0 Å². The van der Waals surface area contributed by atoms with Crippen LogP contribution in [0.1, 0.15) is 11.4 Å². The molecule has 0 fully saturated rings. The maximum atomic E-state index is 4.68. The Labute approximate surface area is 134 Å². The lowest BCUT2D eigenvalue weighted by Gasteiger charge is -2.05. The van der Waals surface area contributed by atoms with Crippen LogP contribution in [0.15, 0.2) is 48.5 Å². The van der Waals surface area contributed by atoms with Crippen molar-refractivity contribution in [1.29, 1.82) is 0 Å². The van der Waals surface area contributed by atoms with Crippen LogP contribution in [0.2, 0.25) is 0 Å². The fourth-order valence-corrected chi connectivity index (χ4v) is 3.19. The average molecular weight is 310 g/mol. The maximum Gasteiger partial charge on any atom is 0.188 e. The highest BCUT2D eigenvalue weighted by molar-refractivity contribution is 7.14. The molecule has 3 aromatic rings. The molecule has 0 unspecified atom stereocenters. The Balaban J connectivity index is 1.88. The predicted octanol–water partition coefficient (Wildman–Crippen LogP) is 4.55. The second kappa shape index (κ2) is 6.15. The number of anilines is 2. The molecule has 0 aliphatic rings. The van der Waals surface area contributed by atoms with E-state index in [1.807, 2.05) is 24.3 Å². The molecule has 0 aliphatic carbocycles. The van der Waals surface area contributed by atoms with Gasteiger partial charge in [0.2, 0.25) is 0 Å². The van der Waals surface area contributed by atoms with Crippen molar-refractivity contribution in [2.45, 2.75) is 20.4 Å². The van der Waals surface area contributed by atoms with E-state index in [9.17, 15) is 0 Å². The molecule has 3 aromatic heterocycles. The van der Waals surface area contributed by atoms with Crippen molar-refractivity contribution in [2.75, 3.05) is 5.32 Å². The molecule has 22 heavy (non-hydrogen) atoms. The molecular formula is C17H18N4S. The summed E-state index contributed by atoms with van der Waals surface area (Å²) in [6, 6.07) is 7.95. The minimum atomic E-state index is 0.806. The molecule has 0 atom stereocenters. The summed E-state index contributed by atoms with van der Waals surface area (Å²) in [6.07, 6.45) is 3.68. The molecule has 1 N–H and O–H groups in total. The van der Waals surface area contributed by atoms with Gasteiger partial charge < -0.3 is 9.88 Å². The summed E-state index contributed by atoms with van der Waals surface area (Å²) in [5.41, 5.74) is 4.60. The summed E-state index contributed by atoms with van der Waals surface area (Å²) in [7, 11) is 0. The summed E-state index contributed by atoms with van der Waals surface area (Å²) in [5, 5.41) is 6.16. The summed E-state index contributed by atoms with van der Waals surface area (Å²) in [6.45, 7) is 8.87. The fourth-order valence-electron chi connectivity index (χ4n) is 2.47. The minimum absolute atomic E-state index is 0.806. The zero-order valence-electron chi connectivity index (χ0n) is 12.7. The van der Waals surface area contributed by atoms with Crippen LogP contribution in [0, 0.1) is 13.8 Å². The Kier molecular flexibility index (Phi) is 4.06. The van der Waals surface area contributed by atoms with E-state index in [0.717, 1.165) is 23.2 Å². The van der Waals surface area contributed by atoms with Gasteiger partial charge in [0.25, 0.3) is 0 Å². The van der Waals surface area contributed by atoms with Crippen molar-refractivity contribution in [3.05, 3.63) is 59.9 Å². The van der Waals surface area contributed by atoms with Crippen molar-refractivity contribution in [2.24, 2.45) is 0 Å². The first-order valence-corrected chi connectivity index (χ1v) is 7.98.